The highest BCUT2D eigenvalue weighted by Gasteiger charge is 2.27. The summed E-state index contributed by atoms with van der Waals surface area (Å²) in [5, 5.41) is 2.08. The van der Waals surface area contributed by atoms with Gasteiger partial charge in [0.2, 0.25) is 5.90 Å². The Morgan fingerprint density at radius 1 is 1.03 bits per heavy atom. The van der Waals surface area contributed by atoms with Crippen molar-refractivity contribution >= 4 is 34.3 Å². The Morgan fingerprint density at radius 3 is 2.61 bits per heavy atom. The summed E-state index contributed by atoms with van der Waals surface area (Å²) < 4.78 is 5.51. The zero-order chi connectivity index (χ0) is 22.8. The summed E-state index contributed by atoms with van der Waals surface area (Å²) in [6, 6.07) is 21.8. The van der Waals surface area contributed by atoms with Crippen LogP contribution in [0.2, 0.25) is 0 Å². The van der Waals surface area contributed by atoms with Crippen LogP contribution in [-0.2, 0) is 9.53 Å². The summed E-state index contributed by atoms with van der Waals surface area (Å²) in [5.74, 6) is 0.418. The van der Waals surface area contributed by atoms with E-state index >= 15 is 0 Å². The van der Waals surface area contributed by atoms with E-state index in [2.05, 4.69) is 19.8 Å². The van der Waals surface area contributed by atoms with Gasteiger partial charge in [0.1, 0.15) is 0 Å². The van der Waals surface area contributed by atoms with Crippen molar-refractivity contribution in [2.45, 2.75) is 6.92 Å². The lowest BCUT2D eigenvalue weighted by Gasteiger charge is -2.34. The van der Waals surface area contributed by atoms with E-state index in [1.807, 2.05) is 73.7 Å². The summed E-state index contributed by atoms with van der Waals surface area (Å²) >= 11 is 0. The Morgan fingerprint density at radius 2 is 1.79 bits per heavy atom. The number of nitrogens with zero attached hydrogens (tertiary/aromatic N) is 4. The number of aliphatic imine (C=N–C) groups is 2. The number of piperazine rings is 1. The van der Waals surface area contributed by atoms with Crippen LogP contribution in [0.1, 0.15) is 11.1 Å². The number of carbonyl (C=O) groups excluding carboxylic acids is 1. The van der Waals surface area contributed by atoms with Crippen LogP contribution in [0.25, 0.3) is 10.8 Å². The van der Waals surface area contributed by atoms with Gasteiger partial charge in [0, 0.05) is 37.9 Å². The van der Waals surface area contributed by atoms with Crippen LogP contribution in [0.4, 0.5) is 5.69 Å². The molecule has 3 aromatic carbocycles. The molecule has 5 rings (SSSR count). The number of hydrogen-bond acceptors (Lipinski definition) is 5. The monoisotopic (exact) mass is 439 g/mol. The molecule has 0 unspecified atom stereocenters. The zero-order valence-electron chi connectivity index (χ0n) is 18.4. The van der Waals surface area contributed by atoms with Gasteiger partial charge in [-0.1, -0.05) is 48.5 Å². The molecule has 3 aromatic rings. The number of aryl methyl sites for hydroxylation is 1. The largest absolute Gasteiger partial charge is 0.402 e. The van der Waals surface area contributed by atoms with E-state index in [-0.39, 0.29) is 0 Å². The van der Waals surface area contributed by atoms with Crippen LogP contribution in [-0.4, -0.2) is 53.8 Å². The molecule has 0 radical (unpaired) electrons. The van der Waals surface area contributed by atoms with Crippen molar-refractivity contribution < 1.29 is 9.53 Å². The van der Waals surface area contributed by atoms with E-state index in [1.165, 1.54) is 0 Å². The average molecular weight is 440 g/mol. The molecule has 7 nitrogen and oxygen atoms in total. The minimum Gasteiger partial charge on any atom is -0.402 e. The molecule has 0 aromatic heterocycles. The minimum atomic E-state index is -0.430. The number of cyclic esters (lactones) is 1. The molecule has 2 N–H and O–H groups in total. The maximum absolute atomic E-state index is 12.5. The van der Waals surface area contributed by atoms with E-state index < -0.39 is 5.97 Å². The summed E-state index contributed by atoms with van der Waals surface area (Å²) in [4.78, 5) is 25.7. The van der Waals surface area contributed by atoms with Crippen LogP contribution < -0.4 is 5.73 Å². The molecule has 33 heavy (non-hydrogen) atoms. The van der Waals surface area contributed by atoms with E-state index in [4.69, 9.17) is 10.5 Å². The van der Waals surface area contributed by atoms with Crippen molar-refractivity contribution in [2.75, 3.05) is 26.2 Å². The smallest absolute Gasteiger partial charge is 0.365 e. The van der Waals surface area contributed by atoms with E-state index in [0.717, 1.165) is 27.6 Å². The summed E-state index contributed by atoms with van der Waals surface area (Å²) in [6.45, 7) is 4.86. The first kappa shape index (κ1) is 20.8. The third kappa shape index (κ3) is 4.43. The molecular formula is C26H25N5O2. The normalized spacial score (nSPS) is 18.1. The molecule has 0 spiro atoms. The summed E-state index contributed by atoms with van der Waals surface area (Å²) in [7, 11) is 0. The van der Waals surface area contributed by atoms with E-state index in [1.54, 1.807) is 6.20 Å². The number of benzene rings is 3. The van der Waals surface area contributed by atoms with Crippen LogP contribution in [0.5, 0.6) is 0 Å². The Kier molecular flexibility index (Phi) is 5.52. The average Bonchev–Trinajstić information content (AvgIpc) is 3.19. The van der Waals surface area contributed by atoms with E-state index in [0.29, 0.717) is 43.7 Å². The maximum Gasteiger partial charge on any atom is 0.365 e. The Balaban J connectivity index is 1.28. The third-order valence-corrected chi connectivity index (χ3v) is 5.83. The number of guanidine groups is 1. The molecule has 0 bridgehead atoms. The topological polar surface area (TPSA) is 83.5 Å². The molecule has 2 aliphatic heterocycles. The molecule has 0 atom stereocenters. The van der Waals surface area contributed by atoms with Gasteiger partial charge in [-0.2, -0.15) is 0 Å². The number of esters is 1. The zero-order valence-corrected chi connectivity index (χ0v) is 18.4. The SMILES string of the molecule is Cc1cccc(N=C(N)N2CCN(/C=C3/N=C(c4cccc5ccccc45)OC3=O)CC2)c1. The van der Waals surface area contributed by atoms with Crippen molar-refractivity contribution in [1.82, 2.24) is 9.80 Å². The van der Waals surface area contributed by atoms with Crippen molar-refractivity contribution in [2.24, 2.45) is 15.7 Å². The Bertz CT molecular complexity index is 1300. The van der Waals surface area contributed by atoms with Gasteiger partial charge in [-0.15, -0.1) is 0 Å². The first-order chi connectivity index (χ1) is 16.1. The predicted octanol–water partition coefficient (Wildman–Crippen LogP) is 3.56. The highest BCUT2D eigenvalue weighted by atomic mass is 16.6. The number of carbonyl (C=O) groups is 1. The second kappa shape index (κ2) is 8.78. The predicted molar refractivity (Wildman–Crippen MR) is 130 cm³/mol. The summed E-state index contributed by atoms with van der Waals surface area (Å²) in [5.41, 5.74) is 9.36. The lowest BCUT2D eigenvalue weighted by Crippen LogP contribution is -2.49. The number of fused-ring (bicyclic) bond motifs is 1. The van der Waals surface area contributed by atoms with Crippen LogP contribution in [0.15, 0.2) is 88.6 Å². The molecule has 0 amide bonds. The first-order valence-corrected chi connectivity index (χ1v) is 11.0. The highest BCUT2D eigenvalue weighted by molar-refractivity contribution is 6.16. The maximum atomic E-state index is 12.5. The number of hydrogen-bond donors (Lipinski definition) is 1. The van der Waals surface area contributed by atoms with Crippen LogP contribution >= 0.6 is 0 Å². The fourth-order valence-electron chi connectivity index (χ4n) is 4.08. The van der Waals surface area contributed by atoms with Gasteiger partial charge < -0.3 is 20.3 Å². The van der Waals surface area contributed by atoms with Gasteiger partial charge in [0.15, 0.2) is 11.7 Å². The summed E-state index contributed by atoms with van der Waals surface area (Å²) in [6.07, 6.45) is 1.78. The third-order valence-electron chi connectivity index (χ3n) is 5.83. The fourth-order valence-corrected chi connectivity index (χ4v) is 4.08. The van der Waals surface area contributed by atoms with Gasteiger partial charge in [-0.25, -0.2) is 14.8 Å². The molecule has 0 aliphatic carbocycles. The van der Waals surface area contributed by atoms with Gasteiger partial charge in [0.05, 0.1) is 5.69 Å². The van der Waals surface area contributed by atoms with Crippen molar-refractivity contribution in [3.8, 4) is 0 Å². The molecule has 1 saturated heterocycles. The molecular weight excluding hydrogens is 414 g/mol. The molecule has 7 heteroatoms. The lowest BCUT2D eigenvalue weighted by molar-refractivity contribution is -0.130. The van der Waals surface area contributed by atoms with Crippen molar-refractivity contribution in [3.63, 3.8) is 0 Å². The minimum absolute atomic E-state index is 0.313. The molecule has 2 heterocycles. The molecule has 166 valence electrons. The van der Waals surface area contributed by atoms with Gasteiger partial charge >= 0.3 is 5.97 Å². The fraction of sp³-hybridized carbons (Fsp3) is 0.192. The number of rotatable bonds is 3. The van der Waals surface area contributed by atoms with Gasteiger partial charge in [-0.3, -0.25) is 0 Å². The lowest BCUT2D eigenvalue weighted by atomic mass is 10.0. The van der Waals surface area contributed by atoms with Crippen molar-refractivity contribution in [1.29, 1.82) is 0 Å². The quantitative estimate of drug-likeness (QED) is 0.292. The molecule has 2 aliphatic rings. The van der Waals surface area contributed by atoms with E-state index in [9.17, 15) is 4.79 Å². The van der Waals surface area contributed by atoms with Crippen molar-refractivity contribution in [3.05, 3.63) is 89.8 Å². The van der Waals surface area contributed by atoms with Crippen LogP contribution in [0, 0.1) is 6.92 Å². The van der Waals surface area contributed by atoms with Gasteiger partial charge in [0.25, 0.3) is 0 Å². The highest BCUT2D eigenvalue weighted by Crippen LogP contribution is 2.24. The molecule has 0 saturated carbocycles. The number of ether oxygens (including phenoxy) is 1. The first-order valence-electron chi connectivity index (χ1n) is 11.0. The second-order valence-electron chi connectivity index (χ2n) is 8.18. The standard InChI is InChI=1S/C26H25N5O2/c1-18-6-4-9-20(16-18)28-26(27)31-14-12-30(13-15-31)17-23-25(32)33-24(29-23)22-11-5-8-19-7-2-3-10-21(19)22/h2-11,16-17H,12-15H2,1H3,(H2,27,28)/b23-17+. The molecule has 1 fully saturated rings. The number of nitrogens with two attached hydrogens (primary N) is 1. The Hall–Kier alpha value is -4.13. The van der Waals surface area contributed by atoms with Gasteiger partial charge in [-0.05, 0) is 41.5 Å². The second-order valence-corrected chi connectivity index (χ2v) is 8.18. The van der Waals surface area contributed by atoms with Crippen LogP contribution in [0.3, 0.4) is 0 Å². The Labute approximate surface area is 192 Å².